The van der Waals surface area contributed by atoms with Crippen molar-refractivity contribution in [1.82, 2.24) is 9.97 Å². The number of nitrogens with one attached hydrogen (secondary N) is 1. The summed E-state index contributed by atoms with van der Waals surface area (Å²) in [4.78, 5) is 9.48. The average Bonchev–Trinajstić information content (AvgIpc) is 2.80. The highest BCUT2D eigenvalue weighted by Crippen LogP contribution is 2.33. The van der Waals surface area contributed by atoms with Gasteiger partial charge in [0.05, 0.1) is 5.39 Å². The first kappa shape index (κ1) is 14.8. The summed E-state index contributed by atoms with van der Waals surface area (Å²) in [6.45, 7) is 2.87. The lowest BCUT2D eigenvalue weighted by molar-refractivity contribution is -0.189. The SMILES string of the molecule is CCc1cc2c(OC(C)C(F)(F)F)nc(NN)nc2s1. The molecule has 0 radical (unpaired) electrons. The third-order valence-corrected chi connectivity index (χ3v) is 3.81. The Morgan fingerprint density at radius 2 is 2.15 bits per heavy atom. The molecule has 0 saturated carbocycles. The van der Waals surface area contributed by atoms with Gasteiger partial charge in [0.1, 0.15) is 4.83 Å². The Morgan fingerprint density at radius 1 is 1.45 bits per heavy atom. The van der Waals surface area contributed by atoms with Crippen LogP contribution in [0.1, 0.15) is 18.7 Å². The predicted molar refractivity (Wildman–Crippen MR) is 70.7 cm³/mol. The van der Waals surface area contributed by atoms with Crippen molar-refractivity contribution in [2.75, 3.05) is 5.43 Å². The van der Waals surface area contributed by atoms with E-state index in [1.807, 2.05) is 6.92 Å². The third kappa shape index (κ3) is 2.93. The number of nitrogen functional groups attached to an aromatic ring is 1. The molecule has 0 aromatic carbocycles. The first-order chi connectivity index (χ1) is 9.35. The number of nitrogens with two attached hydrogens (primary N) is 1. The molecule has 2 aromatic rings. The molecule has 2 aromatic heterocycles. The summed E-state index contributed by atoms with van der Waals surface area (Å²) in [5.74, 6) is 5.12. The number of hydrogen-bond acceptors (Lipinski definition) is 6. The number of fused-ring (bicyclic) bond motifs is 1. The number of hydrogen-bond donors (Lipinski definition) is 2. The molecule has 0 bridgehead atoms. The average molecular weight is 306 g/mol. The molecule has 0 saturated heterocycles. The number of aryl methyl sites for hydroxylation is 1. The van der Waals surface area contributed by atoms with E-state index < -0.39 is 12.3 Å². The van der Waals surface area contributed by atoms with Crippen LogP contribution in [0.15, 0.2) is 6.07 Å². The summed E-state index contributed by atoms with van der Waals surface area (Å²) in [6, 6.07) is 1.73. The van der Waals surface area contributed by atoms with Gasteiger partial charge in [0.15, 0.2) is 6.10 Å². The van der Waals surface area contributed by atoms with Crippen molar-refractivity contribution in [2.24, 2.45) is 5.84 Å². The summed E-state index contributed by atoms with van der Waals surface area (Å²) >= 11 is 1.37. The second kappa shape index (κ2) is 5.41. The molecule has 1 atom stereocenters. The zero-order valence-electron chi connectivity index (χ0n) is 10.8. The minimum Gasteiger partial charge on any atom is -0.464 e. The van der Waals surface area contributed by atoms with Crippen molar-refractivity contribution in [1.29, 1.82) is 0 Å². The van der Waals surface area contributed by atoms with Gasteiger partial charge in [-0.15, -0.1) is 11.3 Å². The highest BCUT2D eigenvalue weighted by molar-refractivity contribution is 7.18. The molecule has 0 aliphatic heterocycles. The van der Waals surface area contributed by atoms with Crippen molar-refractivity contribution in [3.8, 4) is 5.88 Å². The predicted octanol–water partition coefficient (Wildman–Crippen LogP) is 2.87. The summed E-state index contributed by atoms with van der Waals surface area (Å²) in [7, 11) is 0. The quantitative estimate of drug-likeness (QED) is 0.671. The molecular formula is C11H13F3N4OS. The molecule has 1 unspecified atom stereocenters. The van der Waals surface area contributed by atoms with Crippen molar-refractivity contribution >= 4 is 27.5 Å². The molecule has 0 spiro atoms. The smallest absolute Gasteiger partial charge is 0.425 e. The Labute approximate surface area is 116 Å². The van der Waals surface area contributed by atoms with Crippen LogP contribution >= 0.6 is 11.3 Å². The van der Waals surface area contributed by atoms with Crippen molar-refractivity contribution in [3.05, 3.63) is 10.9 Å². The molecule has 9 heteroatoms. The lowest BCUT2D eigenvalue weighted by Crippen LogP contribution is -2.31. The largest absolute Gasteiger partial charge is 0.464 e. The van der Waals surface area contributed by atoms with Gasteiger partial charge in [-0.3, -0.25) is 5.43 Å². The van der Waals surface area contributed by atoms with Crippen LogP contribution in [0.4, 0.5) is 19.1 Å². The number of anilines is 1. The molecule has 3 N–H and O–H groups in total. The van der Waals surface area contributed by atoms with Gasteiger partial charge in [0.2, 0.25) is 11.8 Å². The minimum absolute atomic E-state index is 0.0198. The highest BCUT2D eigenvalue weighted by Gasteiger charge is 2.38. The fourth-order valence-electron chi connectivity index (χ4n) is 1.51. The second-order valence-electron chi connectivity index (χ2n) is 4.08. The zero-order chi connectivity index (χ0) is 14.9. The maximum absolute atomic E-state index is 12.6. The minimum atomic E-state index is -4.46. The highest BCUT2D eigenvalue weighted by atomic mass is 32.1. The zero-order valence-corrected chi connectivity index (χ0v) is 11.6. The lowest BCUT2D eigenvalue weighted by atomic mass is 10.3. The molecule has 0 aliphatic carbocycles. The van der Waals surface area contributed by atoms with Crippen LogP contribution in [0.3, 0.4) is 0 Å². The molecule has 0 aliphatic rings. The number of rotatable bonds is 4. The maximum Gasteiger partial charge on any atom is 0.425 e. The molecule has 0 amide bonds. The van der Waals surface area contributed by atoms with Gasteiger partial charge >= 0.3 is 6.18 Å². The van der Waals surface area contributed by atoms with Crippen molar-refractivity contribution < 1.29 is 17.9 Å². The van der Waals surface area contributed by atoms with Crippen LogP contribution in [0.25, 0.3) is 10.2 Å². The van der Waals surface area contributed by atoms with E-state index in [1.54, 1.807) is 6.07 Å². The van der Waals surface area contributed by atoms with Crippen LogP contribution in [0, 0.1) is 0 Å². The standard InChI is InChI=1S/C11H13F3N4OS/c1-3-6-4-7-8(19-5(2)11(12,13)14)16-10(18-15)17-9(7)20-6/h4-5H,3,15H2,1-2H3,(H,16,17,18). The number of nitrogens with zero attached hydrogens (tertiary/aromatic N) is 2. The number of alkyl halides is 3. The summed E-state index contributed by atoms with van der Waals surface area (Å²) in [6.07, 6.45) is -5.67. The van der Waals surface area contributed by atoms with Crippen molar-refractivity contribution in [2.45, 2.75) is 32.5 Å². The monoisotopic (exact) mass is 306 g/mol. The van der Waals surface area contributed by atoms with E-state index in [0.29, 0.717) is 10.2 Å². The maximum atomic E-state index is 12.6. The van der Waals surface area contributed by atoms with Crippen LogP contribution in [-0.4, -0.2) is 22.2 Å². The van der Waals surface area contributed by atoms with Gasteiger partial charge in [-0.05, 0) is 19.4 Å². The first-order valence-corrected chi connectivity index (χ1v) is 6.67. The van der Waals surface area contributed by atoms with Crippen molar-refractivity contribution in [3.63, 3.8) is 0 Å². The lowest BCUT2D eigenvalue weighted by Gasteiger charge is -2.17. The van der Waals surface area contributed by atoms with Crippen LogP contribution in [0.5, 0.6) is 5.88 Å². The normalized spacial score (nSPS) is 13.5. The van der Waals surface area contributed by atoms with Crippen LogP contribution in [-0.2, 0) is 6.42 Å². The van der Waals surface area contributed by atoms with Gasteiger partial charge in [-0.25, -0.2) is 10.8 Å². The molecule has 2 rings (SSSR count). The number of hydrazine groups is 1. The molecule has 110 valence electrons. The fraction of sp³-hybridized carbons (Fsp3) is 0.455. The van der Waals surface area contributed by atoms with E-state index in [9.17, 15) is 13.2 Å². The first-order valence-electron chi connectivity index (χ1n) is 5.85. The number of halogens is 3. The van der Waals surface area contributed by atoms with E-state index in [-0.39, 0.29) is 11.8 Å². The molecule has 20 heavy (non-hydrogen) atoms. The van der Waals surface area contributed by atoms with E-state index in [4.69, 9.17) is 10.6 Å². The Kier molecular flexibility index (Phi) is 4.00. The summed E-state index contributed by atoms with van der Waals surface area (Å²) in [5, 5.41) is 0.460. The second-order valence-corrected chi connectivity index (χ2v) is 5.20. The van der Waals surface area contributed by atoms with Gasteiger partial charge in [0.25, 0.3) is 0 Å². The molecule has 0 fully saturated rings. The third-order valence-electron chi connectivity index (χ3n) is 2.64. The topological polar surface area (TPSA) is 73.1 Å². The fourth-order valence-corrected chi connectivity index (χ4v) is 2.47. The van der Waals surface area contributed by atoms with E-state index in [2.05, 4.69) is 15.4 Å². The Balaban J connectivity index is 2.47. The van der Waals surface area contributed by atoms with Crippen LogP contribution in [0.2, 0.25) is 0 Å². The summed E-state index contributed by atoms with van der Waals surface area (Å²) < 4.78 is 42.7. The summed E-state index contributed by atoms with van der Waals surface area (Å²) in [5.41, 5.74) is 2.22. The molecule has 2 heterocycles. The number of thiophene rings is 1. The Hall–Kier alpha value is -1.61. The molecular weight excluding hydrogens is 293 g/mol. The van der Waals surface area contributed by atoms with Crippen LogP contribution < -0.4 is 16.0 Å². The molecule has 5 nitrogen and oxygen atoms in total. The van der Waals surface area contributed by atoms with Gasteiger partial charge < -0.3 is 4.74 Å². The number of aromatic nitrogens is 2. The van der Waals surface area contributed by atoms with Gasteiger partial charge in [0, 0.05) is 4.88 Å². The Bertz CT molecular complexity index is 613. The van der Waals surface area contributed by atoms with Gasteiger partial charge in [-0.2, -0.15) is 18.2 Å². The number of ether oxygens (including phenoxy) is 1. The van der Waals surface area contributed by atoms with E-state index in [1.165, 1.54) is 11.3 Å². The Morgan fingerprint density at radius 3 is 2.70 bits per heavy atom. The van der Waals surface area contributed by atoms with E-state index in [0.717, 1.165) is 18.2 Å². The van der Waals surface area contributed by atoms with E-state index >= 15 is 0 Å². The van der Waals surface area contributed by atoms with Gasteiger partial charge in [-0.1, -0.05) is 6.92 Å².